The SMILES string of the molecule is COC(=O)c1cccc(Cn2cc(C=C3C(=O)N(c4ccccc4)C(=S)N(c4ccccc4)C3=O)c3ccccc32)c1. The van der Waals surface area contributed by atoms with Gasteiger partial charge in [-0.3, -0.25) is 19.4 Å². The zero-order valence-electron chi connectivity index (χ0n) is 22.6. The van der Waals surface area contributed by atoms with E-state index in [4.69, 9.17) is 17.0 Å². The van der Waals surface area contributed by atoms with Crippen LogP contribution < -0.4 is 9.80 Å². The van der Waals surface area contributed by atoms with Crippen LogP contribution in [0.15, 0.2) is 121 Å². The smallest absolute Gasteiger partial charge is 0.337 e. The molecule has 0 spiro atoms. The number of anilines is 2. The van der Waals surface area contributed by atoms with Crippen LogP contribution in [0.4, 0.5) is 11.4 Å². The molecule has 0 atom stereocenters. The molecule has 0 saturated carbocycles. The van der Waals surface area contributed by atoms with Gasteiger partial charge in [-0.1, -0.05) is 66.7 Å². The van der Waals surface area contributed by atoms with Gasteiger partial charge in [0.15, 0.2) is 5.11 Å². The number of nitrogens with zero attached hydrogens (tertiary/aromatic N) is 3. The van der Waals surface area contributed by atoms with E-state index in [1.807, 2.05) is 83.6 Å². The molecule has 1 fully saturated rings. The van der Waals surface area contributed by atoms with Gasteiger partial charge in [-0.25, -0.2) is 4.79 Å². The Labute approximate surface area is 247 Å². The maximum Gasteiger partial charge on any atom is 0.337 e. The number of aromatic nitrogens is 1. The van der Waals surface area contributed by atoms with E-state index in [1.165, 1.54) is 16.9 Å². The molecule has 2 heterocycles. The first-order valence-electron chi connectivity index (χ1n) is 13.3. The second kappa shape index (κ2) is 11.3. The minimum Gasteiger partial charge on any atom is -0.465 e. The van der Waals surface area contributed by atoms with Crippen LogP contribution in [0.5, 0.6) is 0 Å². The van der Waals surface area contributed by atoms with Gasteiger partial charge in [-0.05, 0) is 66.3 Å². The van der Waals surface area contributed by atoms with Crippen molar-refractivity contribution in [2.24, 2.45) is 0 Å². The van der Waals surface area contributed by atoms with Gasteiger partial charge in [0, 0.05) is 29.2 Å². The van der Waals surface area contributed by atoms with Gasteiger partial charge in [-0.15, -0.1) is 0 Å². The predicted molar refractivity (Wildman–Crippen MR) is 167 cm³/mol. The van der Waals surface area contributed by atoms with Crippen molar-refractivity contribution in [3.8, 4) is 0 Å². The Morgan fingerprint density at radius 2 is 1.38 bits per heavy atom. The summed E-state index contributed by atoms with van der Waals surface area (Å²) in [4.78, 5) is 42.8. The van der Waals surface area contributed by atoms with Crippen molar-refractivity contribution >= 4 is 63.5 Å². The number of hydrogen-bond acceptors (Lipinski definition) is 5. The van der Waals surface area contributed by atoms with Gasteiger partial charge in [0.05, 0.1) is 24.0 Å². The van der Waals surface area contributed by atoms with Gasteiger partial charge >= 0.3 is 5.97 Å². The van der Waals surface area contributed by atoms with E-state index in [9.17, 15) is 14.4 Å². The number of carbonyl (C=O) groups excluding carboxylic acids is 3. The second-order valence-corrected chi connectivity index (χ2v) is 10.1. The van der Waals surface area contributed by atoms with E-state index in [0.29, 0.717) is 29.0 Å². The summed E-state index contributed by atoms with van der Waals surface area (Å²) in [5.41, 5.74) is 4.12. The molecule has 0 bridgehead atoms. The van der Waals surface area contributed by atoms with Crippen molar-refractivity contribution in [1.29, 1.82) is 0 Å². The second-order valence-electron chi connectivity index (χ2n) is 9.71. The fraction of sp³-hybridized carbons (Fsp3) is 0.0588. The van der Waals surface area contributed by atoms with Gasteiger partial charge in [0.2, 0.25) is 0 Å². The van der Waals surface area contributed by atoms with Gasteiger partial charge < -0.3 is 9.30 Å². The first-order valence-corrected chi connectivity index (χ1v) is 13.7. The number of hydrogen-bond donors (Lipinski definition) is 0. The van der Waals surface area contributed by atoms with Crippen LogP contribution in [-0.4, -0.2) is 34.6 Å². The molecule has 42 heavy (non-hydrogen) atoms. The molecule has 1 aromatic heterocycles. The highest BCUT2D eigenvalue weighted by Crippen LogP contribution is 2.31. The number of methoxy groups -OCH3 is 1. The molecule has 6 rings (SSSR count). The Balaban J connectivity index is 1.46. The summed E-state index contributed by atoms with van der Waals surface area (Å²) in [5, 5.41) is 0.966. The third-order valence-electron chi connectivity index (χ3n) is 7.10. The molecule has 1 saturated heterocycles. The monoisotopic (exact) mass is 571 g/mol. The van der Waals surface area contributed by atoms with Crippen molar-refractivity contribution in [3.05, 3.63) is 138 Å². The fourth-order valence-electron chi connectivity index (χ4n) is 5.13. The summed E-state index contributed by atoms with van der Waals surface area (Å²) in [7, 11) is 1.35. The molecular formula is C34H25N3O4S. The topological polar surface area (TPSA) is 71.8 Å². The van der Waals surface area contributed by atoms with E-state index < -0.39 is 17.8 Å². The van der Waals surface area contributed by atoms with E-state index in [0.717, 1.165) is 16.5 Å². The lowest BCUT2D eigenvalue weighted by Gasteiger charge is -2.36. The van der Waals surface area contributed by atoms with E-state index >= 15 is 0 Å². The first-order chi connectivity index (χ1) is 20.5. The number of thiocarbonyl (C=S) groups is 1. The molecule has 4 aromatic carbocycles. The molecule has 2 amide bonds. The van der Waals surface area contributed by atoms with E-state index in [1.54, 1.807) is 42.5 Å². The highest BCUT2D eigenvalue weighted by molar-refractivity contribution is 7.81. The van der Waals surface area contributed by atoms with Crippen LogP contribution in [-0.2, 0) is 20.9 Å². The third kappa shape index (κ3) is 4.88. The highest BCUT2D eigenvalue weighted by Gasteiger charge is 2.41. The molecule has 0 N–H and O–H groups in total. The van der Waals surface area contributed by atoms with Crippen molar-refractivity contribution in [3.63, 3.8) is 0 Å². The molecule has 1 aliphatic heterocycles. The molecule has 0 radical (unpaired) electrons. The number of rotatable bonds is 6. The van der Waals surface area contributed by atoms with Crippen molar-refractivity contribution in [1.82, 2.24) is 4.57 Å². The summed E-state index contributed by atoms with van der Waals surface area (Å²) in [6.07, 6.45) is 3.55. The lowest BCUT2D eigenvalue weighted by atomic mass is 10.0. The van der Waals surface area contributed by atoms with Crippen LogP contribution in [0.25, 0.3) is 17.0 Å². The highest BCUT2D eigenvalue weighted by atomic mass is 32.1. The molecule has 0 unspecified atom stereocenters. The van der Waals surface area contributed by atoms with Gasteiger partial charge in [-0.2, -0.15) is 0 Å². The number of fused-ring (bicyclic) bond motifs is 1. The van der Waals surface area contributed by atoms with E-state index in [2.05, 4.69) is 0 Å². The largest absolute Gasteiger partial charge is 0.465 e. The maximum absolute atomic E-state index is 14.0. The average Bonchev–Trinajstić information content (AvgIpc) is 3.37. The van der Waals surface area contributed by atoms with Crippen LogP contribution in [0.3, 0.4) is 0 Å². The number of esters is 1. The van der Waals surface area contributed by atoms with Crippen LogP contribution in [0, 0.1) is 0 Å². The van der Waals surface area contributed by atoms with Crippen molar-refractivity contribution < 1.29 is 19.1 Å². The Bertz CT molecular complexity index is 1820. The minimum absolute atomic E-state index is 0.00750. The quantitative estimate of drug-likeness (QED) is 0.105. The predicted octanol–water partition coefficient (Wildman–Crippen LogP) is 6.22. The van der Waals surface area contributed by atoms with E-state index in [-0.39, 0.29) is 10.7 Å². The Hall–Kier alpha value is -5.34. The molecule has 0 aliphatic carbocycles. The fourth-order valence-corrected chi connectivity index (χ4v) is 5.50. The van der Waals surface area contributed by atoms with Crippen LogP contribution >= 0.6 is 12.2 Å². The number of amides is 2. The van der Waals surface area contributed by atoms with Crippen LogP contribution in [0.1, 0.15) is 21.5 Å². The summed E-state index contributed by atoms with van der Waals surface area (Å²) in [6.45, 7) is 0.465. The molecule has 5 aromatic rings. The van der Waals surface area contributed by atoms with Crippen molar-refractivity contribution in [2.45, 2.75) is 6.54 Å². The third-order valence-corrected chi connectivity index (χ3v) is 7.46. The summed E-state index contributed by atoms with van der Waals surface area (Å²) in [5.74, 6) is -1.39. The number of carbonyl (C=O) groups is 3. The Morgan fingerprint density at radius 3 is 2.00 bits per heavy atom. The zero-order valence-corrected chi connectivity index (χ0v) is 23.5. The van der Waals surface area contributed by atoms with Gasteiger partial charge in [0.25, 0.3) is 11.8 Å². The molecule has 1 aliphatic rings. The number of ether oxygens (including phenoxy) is 1. The lowest BCUT2D eigenvalue weighted by Crippen LogP contribution is -2.56. The Morgan fingerprint density at radius 1 is 0.786 bits per heavy atom. The standard InChI is InChI=1S/C34H25N3O4S/c1-41-33(40)24-12-10-11-23(19-24)21-35-22-25(28-17-8-9-18-30(28)35)20-29-31(38)36(26-13-4-2-5-14-26)34(42)37(32(29)39)27-15-6-3-7-16-27/h2-20,22H,21H2,1H3. The number of para-hydroxylation sites is 3. The molecular weight excluding hydrogens is 546 g/mol. The molecule has 206 valence electrons. The van der Waals surface area contributed by atoms with Crippen LogP contribution in [0.2, 0.25) is 0 Å². The average molecular weight is 572 g/mol. The molecule has 7 nitrogen and oxygen atoms in total. The summed E-state index contributed by atoms with van der Waals surface area (Å²) in [6, 6.07) is 33.2. The first kappa shape index (κ1) is 26.9. The lowest BCUT2D eigenvalue weighted by molar-refractivity contribution is -0.120. The summed E-state index contributed by atoms with van der Waals surface area (Å²) >= 11 is 5.72. The minimum atomic E-state index is -0.494. The molecule has 8 heteroatoms. The summed E-state index contributed by atoms with van der Waals surface area (Å²) < 4.78 is 6.91. The normalized spacial score (nSPS) is 13.5. The van der Waals surface area contributed by atoms with Gasteiger partial charge in [0.1, 0.15) is 5.57 Å². The Kier molecular flexibility index (Phi) is 7.21. The van der Waals surface area contributed by atoms with Crippen molar-refractivity contribution in [2.75, 3.05) is 16.9 Å². The zero-order chi connectivity index (χ0) is 29.2. The maximum atomic E-state index is 14.0. The number of benzene rings is 4.